The molecule has 1 heterocycles. The maximum Gasteiger partial charge on any atom is 0.0206 e. The smallest absolute Gasteiger partial charge is 0.0206 e. The SMILES string of the molecule is Cl.Cl.Cl.Cl.Cl.c1cc2cc(c1)CNCCNCCNCCNCCNC2. The molecule has 0 fully saturated rings. The van der Waals surface area contributed by atoms with Gasteiger partial charge in [0, 0.05) is 65.4 Å². The van der Waals surface area contributed by atoms with E-state index in [1.165, 1.54) is 11.1 Å². The van der Waals surface area contributed by atoms with Gasteiger partial charge in [-0.2, -0.15) is 0 Å². The maximum atomic E-state index is 3.48. The molecule has 1 aliphatic heterocycles. The molecule has 0 unspecified atom stereocenters. The molecule has 5 nitrogen and oxygen atoms in total. The third-order valence-electron chi connectivity index (χ3n) is 3.56. The van der Waals surface area contributed by atoms with Crippen molar-refractivity contribution in [3.63, 3.8) is 0 Å². The van der Waals surface area contributed by atoms with Gasteiger partial charge in [-0.05, 0) is 11.1 Å². The van der Waals surface area contributed by atoms with Crippen LogP contribution >= 0.6 is 62.0 Å². The number of hydrogen-bond donors (Lipinski definition) is 5. The first-order valence-corrected chi connectivity index (χ1v) is 8.06. The Morgan fingerprint density at radius 1 is 0.462 bits per heavy atom. The highest BCUT2D eigenvalue weighted by atomic mass is 35.5. The van der Waals surface area contributed by atoms with Crippen molar-refractivity contribution in [3.05, 3.63) is 35.4 Å². The van der Waals surface area contributed by atoms with Gasteiger partial charge in [0.05, 0.1) is 0 Å². The van der Waals surface area contributed by atoms with E-state index >= 15 is 0 Å². The van der Waals surface area contributed by atoms with Crippen molar-refractivity contribution in [2.45, 2.75) is 13.1 Å². The van der Waals surface area contributed by atoms with E-state index in [4.69, 9.17) is 0 Å². The Hall–Kier alpha value is 0.470. The molecule has 26 heavy (non-hydrogen) atoms. The normalized spacial score (nSPS) is 16.5. The summed E-state index contributed by atoms with van der Waals surface area (Å²) in [6.45, 7) is 10.0. The van der Waals surface area contributed by atoms with Crippen LogP contribution in [0.3, 0.4) is 0 Å². The van der Waals surface area contributed by atoms with Crippen molar-refractivity contribution < 1.29 is 0 Å². The summed E-state index contributed by atoms with van der Waals surface area (Å²) in [5.41, 5.74) is 2.71. The maximum absolute atomic E-state index is 3.48. The first kappa shape index (κ1) is 34.0. The van der Waals surface area contributed by atoms with Crippen LogP contribution in [0.2, 0.25) is 0 Å². The second-order valence-corrected chi connectivity index (χ2v) is 5.42. The van der Waals surface area contributed by atoms with Gasteiger partial charge in [-0.1, -0.05) is 24.3 Å². The fraction of sp³-hybridized carbons (Fsp3) is 0.625. The van der Waals surface area contributed by atoms with Crippen molar-refractivity contribution in [2.24, 2.45) is 0 Å². The summed E-state index contributed by atoms with van der Waals surface area (Å²) < 4.78 is 0. The molecule has 1 aliphatic rings. The Kier molecular flexibility index (Phi) is 30.8. The van der Waals surface area contributed by atoms with Crippen LogP contribution in [0.5, 0.6) is 0 Å². The molecule has 5 N–H and O–H groups in total. The van der Waals surface area contributed by atoms with Crippen LogP contribution in [0.25, 0.3) is 0 Å². The molecular formula is C16H34Cl5N5. The van der Waals surface area contributed by atoms with Gasteiger partial charge in [-0.3, -0.25) is 0 Å². The molecule has 0 aromatic heterocycles. The molecule has 10 heteroatoms. The highest BCUT2D eigenvalue weighted by Gasteiger charge is 1.97. The minimum atomic E-state index is 0. The van der Waals surface area contributed by atoms with Gasteiger partial charge in [-0.15, -0.1) is 62.0 Å². The monoisotopic (exact) mass is 471 g/mol. The molecule has 1 aromatic rings. The Morgan fingerprint density at radius 3 is 1.12 bits per heavy atom. The summed E-state index contributed by atoms with van der Waals surface area (Å²) >= 11 is 0. The van der Waals surface area contributed by atoms with E-state index in [2.05, 4.69) is 50.8 Å². The summed E-state index contributed by atoms with van der Waals surface area (Å²) in [5.74, 6) is 0. The van der Waals surface area contributed by atoms with Crippen LogP contribution in [-0.4, -0.2) is 52.4 Å². The molecule has 0 saturated heterocycles. The molecular weight excluding hydrogens is 439 g/mol. The predicted octanol–water partition coefficient (Wildman–Crippen LogP) is 1.76. The first-order chi connectivity index (χ1) is 10.4. The topological polar surface area (TPSA) is 60.1 Å². The fourth-order valence-electron chi connectivity index (χ4n) is 2.40. The summed E-state index contributed by atoms with van der Waals surface area (Å²) in [7, 11) is 0. The molecule has 0 spiro atoms. The lowest BCUT2D eigenvalue weighted by Crippen LogP contribution is -2.36. The van der Waals surface area contributed by atoms with Crippen molar-refractivity contribution in [2.75, 3.05) is 52.4 Å². The van der Waals surface area contributed by atoms with Crippen LogP contribution in [0, 0.1) is 0 Å². The predicted molar refractivity (Wildman–Crippen MR) is 125 cm³/mol. The van der Waals surface area contributed by atoms with E-state index in [9.17, 15) is 0 Å². The second kappa shape index (κ2) is 23.5. The molecule has 0 atom stereocenters. The quantitative estimate of drug-likeness (QED) is 0.398. The van der Waals surface area contributed by atoms with Crippen LogP contribution < -0.4 is 26.6 Å². The van der Waals surface area contributed by atoms with E-state index in [1.807, 2.05) is 0 Å². The summed E-state index contributed by atoms with van der Waals surface area (Å²) in [5, 5.41) is 17.3. The standard InChI is InChI=1S/C16H29N5.5ClH/c1-2-15-12-16(3-1)14-21-11-9-19-7-5-17-4-6-18-8-10-20-13-15;;;;;/h1-3,12,17-21H,4-11,13-14H2;5*1H. The number of rotatable bonds is 0. The fourth-order valence-corrected chi connectivity index (χ4v) is 2.40. The van der Waals surface area contributed by atoms with E-state index < -0.39 is 0 Å². The van der Waals surface area contributed by atoms with Crippen molar-refractivity contribution in [1.82, 2.24) is 26.6 Å². The Bertz CT molecular complexity index is 370. The van der Waals surface area contributed by atoms with E-state index in [0.29, 0.717) is 0 Å². The van der Waals surface area contributed by atoms with Gasteiger partial charge in [0.15, 0.2) is 0 Å². The molecule has 0 aliphatic carbocycles. The van der Waals surface area contributed by atoms with E-state index in [1.54, 1.807) is 0 Å². The zero-order chi connectivity index (χ0) is 14.6. The third-order valence-corrected chi connectivity index (χ3v) is 3.56. The third kappa shape index (κ3) is 16.6. The highest BCUT2D eigenvalue weighted by molar-refractivity contribution is 5.86. The number of halogens is 5. The van der Waals surface area contributed by atoms with Gasteiger partial charge in [0.1, 0.15) is 0 Å². The number of hydrogen-bond acceptors (Lipinski definition) is 5. The van der Waals surface area contributed by atoms with Crippen molar-refractivity contribution in [1.29, 1.82) is 0 Å². The van der Waals surface area contributed by atoms with Crippen LogP contribution in [0.1, 0.15) is 11.1 Å². The van der Waals surface area contributed by atoms with Crippen LogP contribution in [0.4, 0.5) is 0 Å². The van der Waals surface area contributed by atoms with Gasteiger partial charge in [0.2, 0.25) is 0 Å². The lowest BCUT2D eigenvalue weighted by molar-refractivity contribution is 0.555. The Balaban J connectivity index is -0.000000484. The number of nitrogens with one attached hydrogen (secondary N) is 5. The van der Waals surface area contributed by atoms with Crippen LogP contribution in [0.15, 0.2) is 24.3 Å². The lowest BCUT2D eigenvalue weighted by atomic mass is 10.1. The largest absolute Gasteiger partial charge is 0.314 e. The molecule has 0 saturated carbocycles. The molecule has 2 bridgehead atoms. The van der Waals surface area contributed by atoms with Crippen molar-refractivity contribution in [3.8, 4) is 0 Å². The molecule has 2 rings (SSSR count). The van der Waals surface area contributed by atoms with E-state index in [-0.39, 0.29) is 62.0 Å². The zero-order valence-electron chi connectivity index (χ0n) is 14.9. The van der Waals surface area contributed by atoms with Gasteiger partial charge in [0.25, 0.3) is 0 Å². The lowest BCUT2D eigenvalue weighted by Gasteiger charge is -2.11. The number of fused-ring (bicyclic) bond motifs is 2. The van der Waals surface area contributed by atoms with Crippen LogP contribution in [-0.2, 0) is 13.1 Å². The Labute approximate surface area is 189 Å². The minimum absolute atomic E-state index is 0. The minimum Gasteiger partial charge on any atom is -0.314 e. The highest BCUT2D eigenvalue weighted by Crippen LogP contribution is 2.04. The molecule has 1 aromatic carbocycles. The Morgan fingerprint density at radius 2 is 0.769 bits per heavy atom. The number of benzene rings is 1. The van der Waals surface area contributed by atoms with Crippen molar-refractivity contribution >= 4 is 62.0 Å². The first-order valence-electron chi connectivity index (χ1n) is 8.06. The average molecular weight is 474 g/mol. The second-order valence-electron chi connectivity index (χ2n) is 5.42. The summed E-state index contributed by atoms with van der Waals surface area (Å²) in [6.07, 6.45) is 0. The average Bonchev–Trinajstić information content (AvgIpc) is 2.51. The van der Waals surface area contributed by atoms with Gasteiger partial charge in [-0.25, -0.2) is 0 Å². The van der Waals surface area contributed by atoms with Gasteiger partial charge < -0.3 is 26.6 Å². The summed E-state index contributed by atoms with van der Waals surface area (Å²) in [6, 6.07) is 8.81. The molecule has 0 amide bonds. The summed E-state index contributed by atoms with van der Waals surface area (Å²) in [4.78, 5) is 0. The zero-order valence-corrected chi connectivity index (χ0v) is 19.0. The molecule has 158 valence electrons. The van der Waals surface area contributed by atoms with Gasteiger partial charge >= 0.3 is 0 Å². The van der Waals surface area contributed by atoms with E-state index in [0.717, 1.165) is 65.4 Å². The molecule has 0 radical (unpaired) electrons.